The van der Waals surface area contributed by atoms with Crippen molar-refractivity contribution in [3.05, 3.63) is 45.4 Å². The van der Waals surface area contributed by atoms with E-state index in [0.29, 0.717) is 0 Å². The number of aliphatic hydroxyl groups excluding tert-OH is 1. The first-order valence-corrected chi connectivity index (χ1v) is 5.88. The van der Waals surface area contributed by atoms with Gasteiger partial charge in [-0.25, -0.2) is 4.79 Å². The molecule has 0 aromatic carbocycles. The van der Waals surface area contributed by atoms with Crippen LogP contribution in [0.3, 0.4) is 0 Å². The zero-order chi connectivity index (χ0) is 14.1. The second-order valence-electron chi connectivity index (χ2n) is 4.16. The van der Waals surface area contributed by atoms with E-state index >= 15 is 0 Å². The van der Waals surface area contributed by atoms with E-state index in [1.165, 1.54) is 16.8 Å². The summed E-state index contributed by atoms with van der Waals surface area (Å²) in [7, 11) is 0. The molecule has 109 valence electrons. The summed E-state index contributed by atoms with van der Waals surface area (Å²) < 4.78 is 16.7. The molecule has 2 aromatic heterocycles. The molecule has 9 heteroatoms. The van der Waals surface area contributed by atoms with Gasteiger partial charge < -0.3 is 19.0 Å². The molecule has 0 amide bonds. The second-order valence-corrected chi connectivity index (χ2v) is 4.16. The Morgan fingerprint density at radius 1 is 1.48 bits per heavy atom. The Kier molecular flexibility index (Phi) is 5.29. The number of aliphatic hydroxyl groups is 1. The van der Waals surface area contributed by atoms with E-state index in [0.717, 1.165) is 0 Å². The molecule has 1 aliphatic rings. The van der Waals surface area contributed by atoms with Crippen LogP contribution in [0.4, 0.5) is 0 Å². The average Bonchev–Trinajstić information content (AvgIpc) is 3.09. The molecule has 1 saturated heterocycles. The van der Waals surface area contributed by atoms with Crippen LogP contribution in [0.15, 0.2) is 32.3 Å². The molecule has 2 aromatic rings. The minimum Gasteiger partial charge on any atom is -0.591 e. The van der Waals surface area contributed by atoms with Crippen LogP contribution in [0.5, 0.6) is 0 Å². The fourth-order valence-electron chi connectivity index (χ4n) is 1.95. The summed E-state index contributed by atoms with van der Waals surface area (Å²) in [6, 6.07) is 3.07. The van der Waals surface area contributed by atoms with Gasteiger partial charge in [-0.2, -0.15) is 6.07 Å². The van der Waals surface area contributed by atoms with Gasteiger partial charge in [0.15, 0.2) is 12.5 Å². The van der Waals surface area contributed by atoms with Crippen LogP contribution in [-0.2, 0) is 42.2 Å². The maximum absolute atomic E-state index is 11.8. The van der Waals surface area contributed by atoms with E-state index in [1.54, 1.807) is 6.07 Å². The maximum atomic E-state index is 11.8. The SMILES string of the molecule is O=c1[nH]c(=O)n(C2COC(CO)O2)cc1-c1cc[c-]o1.[Y]. The standard InChI is InChI=1S/C12H11N2O6.Y/c15-5-10-19-6-9(20-10)14-4-7(8-2-1-3-18-8)11(16)13-12(14)17;/h1-2,4,9-10,15H,5-6H2,(H,13,16,17);/q-1;. The molecular weight excluding hydrogens is 357 g/mol. The topological polar surface area (TPSA) is 107 Å². The first-order chi connectivity index (χ1) is 9.69. The van der Waals surface area contributed by atoms with Gasteiger partial charge in [0.1, 0.15) is 0 Å². The van der Waals surface area contributed by atoms with Gasteiger partial charge in [-0.3, -0.25) is 14.3 Å². The van der Waals surface area contributed by atoms with Crippen molar-refractivity contribution in [3.8, 4) is 11.3 Å². The van der Waals surface area contributed by atoms with Crippen LogP contribution >= 0.6 is 0 Å². The van der Waals surface area contributed by atoms with Gasteiger partial charge in [0.2, 0.25) is 0 Å². The van der Waals surface area contributed by atoms with Gasteiger partial charge in [-0.15, -0.1) is 6.07 Å². The van der Waals surface area contributed by atoms with Crippen LogP contribution in [0.25, 0.3) is 11.3 Å². The van der Waals surface area contributed by atoms with Crippen molar-refractivity contribution in [2.45, 2.75) is 12.5 Å². The van der Waals surface area contributed by atoms with E-state index in [-0.39, 0.29) is 57.2 Å². The molecule has 0 saturated carbocycles. The minimum absolute atomic E-state index is 0. The smallest absolute Gasteiger partial charge is 0.330 e. The summed E-state index contributed by atoms with van der Waals surface area (Å²) in [5.41, 5.74) is -1.00. The number of nitrogens with one attached hydrogen (secondary N) is 1. The Balaban J connectivity index is 0.00000161. The third-order valence-electron chi connectivity index (χ3n) is 2.90. The molecule has 0 spiro atoms. The number of hydrogen-bond acceptors (Lipinski definition) is 6. The van der Waals surface area contributed by atoms with E-state index < -0.39 is 23.8 Å². The monoisotopic (exact) mass is 368 g/mol. The first-order valence-electron chi connectivity index (χ1n) is 5.88. The summed E-state index contributed by atoms with van der Waals surface area (Å²) in [6.07, 6.45) is 2.31. The number of hydrogen-bond donors (Lipinski definition) is 2. The van der Waals surface area contributed by atoms with E-state index in [9.17, 15) is 9.59 Å². The van der Waals surface area contributed by atoms with E-state index in [1.807, 2.05) is 0 Å². The summed E-state index contributed by atoms with van der Waals surface area (Å²) >= 11 is 0. The molecule has 2 atom stereocenters. The zero-order valence-corrected chi connectivity index (χ0v) is 13.7. The second kappa shape index (κ2) is 6.80. The van der Waals surface area contributed by atoms with Crippen molar-refractivity contribution in [1.29, 1.82) is 0 Å². The molecule has 21 heavy (non-hydrogen) atoms. The number of furan rings is 1. The van der Waals surface area contributed by atoms with Crippen LogP contribution in [0.1, 0.15) is 6.23 Å². The molecule has 8 nitrogen and oxygen atoms in total. The molecule has 2 N–H and O–H groups in total. The molecule has 1 aliphatic heterocycles. The Morgan fingerprint density at radius 3 is 2.90 bits per heavy atom. The first kappa shape index (κ1) is 16.3. The predicted octanol–water partition coefficient (Wildman–Crippen LogP) is -0.542. The molecular formula is C12H11N2O6Y-. The fraction of sp³-hybridized carbons (Fsp3) is 0.333. The Labute approximate surface area is 143 Å². The predicted molar refractivity (Wildman–Crippen MR) is 64.8 cm³/mol. The van der Waals surface area contributed by atoms with Gasteiger partial charge in [0.25, 0.3) is 5.56 Å². The maximum Gasteiger partial charge on any atom is 0.330 e. The molecule has 1 radical (unpaired) electrons. The van der Waals surface area contributed by atoms with E-state index in [4.69, 9.17) is 19.0 Å². The van der Waals surface area contributed by atoms with Crippen molar-refractivity contribution < 1.29 is 51.7 Å². The van der Waals surface area contributed by atoms with Crippen LogP contribution in [-0.4, -0.2) is 34.2 Å². The Bertz CT molecular complexity index is 707. The van der Waals surface area contributed by atoms with Crippen molar-refractivity contribution >= 4 is 0 Å². The normalized spacial score (nSPS) is 21.2. The minimum atomic E-state index is -0.778. The largest absolute Gasteiger partial charge is 0.591 e. The third-order valence-corrected chi connectivity index (χ3v) is 2.90. The number of aromatic amines is 1. The number of rotatable bonds is 3. The number of aromatic nitrogens is 2. The summed E-state index contributed by atoms with van der Waals surface area (Å²) in [6.45, 7) is -0.213. The van der Waals surface area contributed by atoms with Crippen LogP contribution in [0, 0.1) is 6.26 Å². The van der Waals surface area contributed by atoms with Crippen molar-refractivity contribution in [3.63, 3.8) is 0 Å². The van der Waals surface area contributed by atoms with Crippen LogP contribution in [0.2, 0.25) is 0 Å². The third kappa shape index (κ3) is 3.24. The zero-order valence-electron chi connectivity index (χ0n) is 10.8. The molecule has 0 bridgehead atoms. The summed E-state index contributed by atoms with van der Waals surface area (Å²) in [4.78, 5) is 25.8. The van der Waals surface area contributed by atoms with Gasteiger partial charge in [0, 0.05) is 44.5 Å². The average molecular weight is 368 g/mol. The van der Waals surface area contributed by atoms with Gasteiger partial charge in [-0.1, -0.05) is 0 Å². The molecule has 3 heterocycles. The number of H-pyrrole nitrogens is 1. The van der Waals surface area contributed by atoms with Gasteiger partial charge in [-0.05, 0) is 12.0 Å². The summed E-state index contributed by atoms with van der Waals surface area (Å²) in [5.74, 6) is 0.289. The quantitative estimate of drug-likeness (QED) is 0.705. The summed E-state index contributed by atoms with van der Waals surface area (Å²) in [5, 5.41) is 8.93. The van der Waals surface area contributed by atoms with Gasteiger partial charge in [0.05, 0.1) is 13.2 Å². The Hall–Kier alpha value is -1.06. The molecule has 1 fully saturated rings. The van der Waals surface area contributed by atoms with Crippen molar-refractivity contribution in [2.75, 3.05) is 13.2 Å². The molecule has 2 unspecified atom stereocenters. The fourth-order valence-corrected chi connectivity index (χ4v) is 1.95. The van der Waals surface area contributed by atoms with Gasteiger partial charge >= 0.3 is 5.69 Å². The number of ether oxygens (including phenoxy) is 2. The van der Waals surface area contributed by atoms with Crippen molar-refractivity contribution in [1.82, 2.24) is 9.55 Å². The molecule has 0 aliphatic carbocycles. The van der Waals surface area contributed by atoms with Crippen molar-refractivity contribution in [2.24, 2.45) is 0 Å². The van der Waals surface area contributed by atoms with Crippen LogP contribution < -0.4 is 11.2 Å². The number of nitrogens with zero attached hydrogens (tertiary/aromatic N) is 1. The Morgan fingerprint density at radius 2 is 2.29 bits per heavy atom. The van der Waals surface area contributed by atoms with E-state index in [2.05, 4.69) is 11.2 Å². The molecule has 3 rings (SSSR count).